The van der Waals surface area contributed by atoms with Crippen LogP contribution >= 0.6 is 11.3 Å². The van der Waals surface area contributed by atoms with Gasteiger partial charge in [0, 0.05) is 30.4 Å². The molecule has 0 amide bonds. The predicted molar refractivity (Wildman–Crippen MR) is 89.4 cm³/mol. The second kappa shape index (κ2) is 7.74. The first-order valence-electron chi connectivity index (χ1n) is 7.42. The highest BCUT2D eigenvalue weighted by Gasteiger charge is 2.13. The van der Waals surface area contributed by atoms with Crippen LogP contribution in [0.25, 0.3) is 10.1 Å². The van der Waals surface area contributed by atoms with Gasteiger partial charge >= 0.3 is 0 Å². The maximum atomic E-state index is 5.97. The van der Waals surface area contributed by atoms with E-state index in [0.717, 1.165) is 26.2 Å². The average Bonchev–Trinajstić information content (AvgIpc) is 2.92. The summed E-state index contributed by atoms with van der Waals surface area (Å²) in [5, 5.41) is 7.18. The van der Waals surface area contributed by atoms with Gasteiger partial charge in [0.15, 0.2) is 0 Å². The van der Waals surface area contributed by atoms with Crippen molar-refractivity contribution in [3.05, 3.63) is 35.2 Å². The van der Waals surface area contributed by atoms with E-state index in [0.29, 0.717) is 6.54 Å². The van der Waals surface area contributed by atoms with Crippen molar-refractivity contribution in [2.45, 2.75) is 19.9 Å². The number of nitrogens with one attached hydrogen (secondary N) is 1. The maximum Gasteiger partial charge on any atom is 0.0459 e. The second-order valence-electron chi connectivity index (χ2n) is 4.96. The van der Waals surface area contributed by atoms with Crippen molar-refractivity contribution in [2.75, 3.05) is 32.7 Å². The van der Waals surface area contributed by atoms with Crippen molar-refractivity contribution in [3.8, 4) is 0 Å². The Labute approximate surface area is 125 Å². The molecule has 0 aliphatic carbocycles. The zero-order valence-electron chi connectivity index (χ0n) is 12.4. The van der Waals surface area contributed by atoms with E-state index in [1.54, 1.807) is 11.3 Å². The van der Waals surface area contributed by atoms with Gasteiger partial charge < -0.3 is 16.0 Å². The summed E-state index contributed by atoms with van der Waals surface area (Å²) in [6, 6.07) is 8.81. The van der Waals surface area contributed by atoms with Gasteiger partial charge in [0.1, 0.15) is 0 Å². The lowest BCUT2D eigenvalue weighted by Gasteiger charge is -2.21. The summed E-state index contributed by atoms with van der Waals surface area (Å²) >= 11 is 1.80. The summed E-state index contributed by atoms with van der Waals surface area (Å²) in [4.78, 5) is 2.42. The molecule has 0 fully saturated rings. The zero-order chi connectivity index (χ0) is 14.4. The SMILES string of the molecule is CCN(CC)CCNC(CN)c1csc2ccccc12. The molecule has 0 aliphatic heterocycles. The van der Waals surface area contributed by atoms with Crippen molar-refractivity contribution in [2.24, 2.45) is 5.73 Å². The van der Waals surface area contributed by atoms with Gasteiger partial charge in [0.25, 0.3) is 0 Å². The molecule has 20 heavy (non-hydrogen) atoms. The number of benzene rings is 1. The number of nitrogens with zero attached hydrogens (tertiary/aromatic N) is 1. The molecular weight excluding hydrogens is 266 g/mol. The lowest BCUT2D eigenvalue weighted by Crippen LogP contribution is -2.36. The number of likely N-dealkylation sites (N-methyl/N-ethyl adjacent to an activating group) is 1. The number of thiophene rings is 1. The number of nitrogens with two attached hydrogens (primary N) is 1. The van der Waals surface area contributed by atoms with Crippen molar-refractivity contribution in [3.63, 3.8) is 0 Å². The normalized spacial score (nSPS) is 13.2. The lowest BCUT2D eigenvalue weighted by atomic mass is 10.1. The fraction of sp³-hybridized carbons (Fsp3) is 0.500. The Balaban J connectivity index is 2.01. The molecule has 1 heterocycles. The van der Waals surface area contributed by atoms with E-state index in [4.69, 9.17) is 5.73 Å². The average molecular weight is 291 g/mol. The molecule has 2 aromatic rings. The fourth-order valence-electron chi connectivity index (χ4n) is 2.53. The molecule has 0 bridgehead atoms. The van der Waals surface area contributed by atoms with Crippen molar-refractivity contribution in [1.82, 2.24) is 10.2 Å². The summed E-state index contributed by atoms with van der Waals surface area (Å²) in [5.74, 6) is 0. The standard InChI is InChI=1S/C16H25N3S/c1-3-19(4-2)10-9-18-15(11-17)14-12-20-16-8-6-5-7-13(14)16/h5-8,12,15,18H,3-4,9-11,17H2,1-2H3. The van der Waals surface area contributed by atoms with Crippen molar-refractivity contribution in [1.29, 1.82) is 0 Å². The molecule has 1 aromatic heterocycles. The topological polar surface area (TPSA) is 41.3 Å². The van der Waals surface area contributed by atoms with Crippen molar-refractivity contribution < 1.29 is 0 Å². The van der Waals surface area contributed by atoms with E-state index in [1.807, 2.05) is 0 Å². The van der Waals surface area contributed by atoms with Gasteiger partial charge in [-0.15, -0.1) is 11.3 Å². The van der Waals surface area contributed by atoms with Gasteiger partial charge in [-0.2, -0.15) is 0 Å². The van der Waals surface area contributed by atoms with Crippen LogP contribution in [-0.2, 0) is 0 Å². The second-order valence-corrected chi connectivity index (χ2v) is 5.87. The molecule has 1 unspecified atom stereocenters. The smallest absolute Gasteiger partial charge is 0.0459 e. The third kappa shape index (κ3) is 3.58. The van der Waals surface area contributed by atoms with E-state index < -0.39 is 0 Å². The third-order valence-electron chi connectivity index (χ3n) is 3.84. The van der Waals surface area contributed by atoms with Crippen LogP contribution in [0.4, 0.5) is 0 Å². The first kappa shape index (κ1) is 15.4. The minimum absolute atomic E-state index is 0.252. The van der Waals surface area contributed by atoms with Gasteiger partial charge in [-0.3, -0.25) is 0 Å². The Morgan fingerprint density at radius 2 is 2.00 bits per heavy atom. The Morgan fingerprint density at radius 3 is 2.70 bits per heavy atom. The Bertz CT molecular complexity index is 519. The number of hydrogen-bond donors (Lipinski definition) is 2. The van der Waals surface area contributed by atoms with Crippen LogP contribution in [-0.4, -0.2) is 37.6 Å². The molecule has 1 atom stereocenters. The van der Waals surface area contributed by atoms with Gasteiger partial charge in [-0.1, -0.05) is 32.0 Å². The molecule has 3 nitrogen and oxygen atoms in total. The van der Waals surface area contributed by atoms with Crippen LogP contribution in [0, 0.1) is 0 Å². The Hall–Kier alpha value is -0.940. The van der Waals surface area contributed by atoms with Crippen LogP contribution in [0.15, 0.2) is 29.6 Å². The molecule has 4 heteroatoms. The van der Waals surface area contributed by atoms with Crippen LogP contribution in [0.1, 0.15) is 25.5 Å². The minimum Gasteiger partial charge on any atom is -0.329 e. The largest absolute Gasteiger partial charge is 0.329 e. The summed E-state index contributed by atoms with van der Waals surface area (Å²) in [5.41, 5.74) is 7.31. The highest BCUT2D eigenvalue weighted by molar-refractivity contribution is 7.17. The van der Waals surface area contributed by atoms with E-state index in [-0.39, 0.29) is 6.04 Å². The number of hydrogen-bond acceptors (Lipinski definition) is 4. The zero-order valence-corrected chi connectivity index (χ0v) is 13.2. The van der Waals surface area contributed by atoms with Gasteiger partial charge in [-0.05, 0) is 35.5 Å². The Kier molecular flexibility index (Phi) is 5.98. The van der Waals surface area contributed by atoms with Gasteiger partial charge in [0.05, 0.1) is 0 Å². The highest BCUT2D eigenvalue weighted by Crippen LogP contribution is 2.29. The lowest BCUT2D eigenvalue weighted by molar-refractivity contribution is 0.297. The fourth-order valence-corrected chi connectivity index (χ4v) is 3.54. The van der Waals surface area contributed by atoms with Crippen LogP contribution in [0.2, 0.25) is 0 Å². The van der Waals surface area contributed by atoms with Crippen molar-refractivity contribution >= 4 is 21.4 Å². The van der Waals surface area contributed by atoms with Gasteiger partial charge in [0.2, 0.25) is 0 Å². The highest BCUT2D eigenvalue weighted by atomic mass is 32.1. The van der Waals surface area contributed by atoms with E-state index in [2.05, 4.69) is 53.7 Å². The molecule has 0 radical (unpaired) electrons. The number of fused-ring (bicyclic) bond motifs is 1. The predicted octanol–water partition coefficient (Wildman–Crippen LogP) is 2.83. The molecule has 0 aliphatic rings. The first-order chi connectivity index (χ1) is 9.80. The third-order valence-corrected chi connectivity index (χ3v) is 4.82. The van der Waals surface area contributed by atoms with E-state index in [1.165, 1.54) is 15.6 Å². The van der Waals surface area contributed by atoms with Crippen LogP contribution < -0.4 is 11.1 Å². The molecular formula is C16H25N3S. The molecule has 0 spiro atoms. The van der Waals surface area contributed by atoms with Gasteiger partial charge in [-0.25, -0.2) is 0 Å². The molecule has 110 valence electrons. The quantitative estimate of drug-likeness (QED) is 0.786. The van der Waals surface area contributed by atoms with E-state index in [9.17, 15) is 0 Å². The molecule has 2 rings (SSSR count). The maximum absolute atomic E-state index is 5.97. The summed E-state index contributed by atoms with van der Waals surface area (Å²) in [6.07, 6.45) is 0. The monoisotopic (exact) mass is 291 g/mol. The first-order valence-corrected chi connectivity index (χ1v) is 8.30. The minimum atomic E-state index is 0.252. The van der Waals surface area contributed by atoms with Crippen LogP contribution in [0.3, 0.4) is 0 Å². The summed E-state index contributed by atoms with van der Waals surface area (Å²) in [7, 11) is 0. The summed E-state index contributed by atoms with van der Waals surface area (Å²) in [6.45, 7) is 9.31. The number of rotatable bonds is 8. The molecule has 1 aromatic carbocycles. The van der Waals surface area contributed by atoms with Crippen LogP contribution in [0.5, 0.6) is 0 Å². The Morgan fingerprint density at radius 1 is 1.25 bits per heavy atom. The van der Waals surface area contributed by atoms with E-state index >= 15 is 0 Å². The molecule has 3 N–H and O–H groups in total. The summed E-state index contributed by atoms with van der Waals surface area (Å²) < 4.78 is 1.34. The molecule has 0 saturated carbocycles. The molecule has 0 saturated heterocycles.